The zero-order valence-corrected chi connectivity index (χ0v) is 11.6. The van der Waals surface area contributed by atoms with Gasteiger partial charge in [0.2, 0.25) is 5.13 Å². The summed E-state index contributed by atoms with van der Waals surface area (Å²) < 4.78 is 0. The van der Waals surface area contributed by atoms with Gasteiger partial charge in [-0.3, -0.25) is 0 Å². The van der Waals surface area contributed by atoms with Gasteiger partial charge in [-0.1, -0.05) is 25.2 Å². The maximum atomic E-state index is 9.21. The van der Waals surface area contributed by atoms with Gasteiger partial charge in [0.25, 0.3) is 0 Å². The first-order valence-corrected chi connectivity index (χ1v) is 7.58. The van der Waals surface area contributed by atoms with Crippen LogP contribution in [0.2, 0.25) is 0 Å². The molecular weight excluding hydrogens is 242 g/mol. The van der Waals surface area contributed by atoms with Crippen LogP contribution in [0, 0.1) is 0 Å². The van der Waals surface area contributed by atoms with Gasteiger partial charge in [-0.15, -0.1) is 10.2 Å². The van der Waals surface area contributed by atoms with Gasteiger partial charge < -0.3 is 10.4 Å². The first kappa shape index (κ1) is 13.7. The molecule has 1 aromatic rings. The van der Waals surface area contributed by atoms with Crippen molar-refractivity contribution in [1.29, 1.82) is 0 Å². The van der Waals surface area contributed by atoms with E-state index >= 15 is 0 Å². The first-order valence-electron chi connectivity index (χ1n) is 5.37. The highest BCUT2D eigenvalue weighted by molar-refractivity contribution is 7.98. The molecule has 1 rings (SSSR count). The smallest absolute Gasteiger partial charge is 0.205 e. The molecule has 0 radical (unpaired) electrons. The molecule has 1 heterocycles. The monoisotopic (exact) mass is 261 g/mol. The number of aliphatic hydroxyl groups is 1. The zero-order chi connectivity index (χ0) is 12.0. The fraction of sp³-hybridized carbons (Fsp3) is 0.800. The summed E-state index contributed by atoms with van der Waals surface area (Å²) in [6.45, 7) is 4.33. The predicted molar refractivity (Wildman–Crippen MR) is 71.5 cm³/mol. The molecule has 0 bridgehead atoms. The van der Waals surface area contributed by atoms with Gasteiger partial charge in [0, 0.05) is 5.92 Å². The SMILES string of the molecule is CSCCC(CO)Nc1nnc(C(C)C)s1. The molecule has 0 saturated carbocycles. The maximum Gasteiger partial charge on any atom is 0.205 e. The maximum absolute atomic E-state index is 9.21. The minimum Gasteiger partial charge on any atom is -0.394 e. The summed E-state index contributed by atoms with van der Waals surface area (Å²) >= 11 is 3.35. The number of hydrogen-bond acceptors (Lipinski definition) is 6. The van der Waals surface area contributed by atoms with Crippen molar-refractivity contribution in [2.45, 2.75) is 32.2 Å². The van der Waals surface area contributed by atoms with Gasteiger partial charge in [-0.25, -0.2) is 0 Å². The van der Waals surface area contributed by atoms with E-state index < -0.39 is 0 Å². The van der Waals surface area contributed by atoms with Crippen LogP contribution in [-0.2, 0) is 0 Å². The second-order valence-electron chi connectivity index (χ2n) is 3.91. The van der Waals surface area contributed by atoms with Crippen LogP contribution < -0.4 is 5.32 Å². The summed E-state index contributed by atoms with van der Waals surface area (Å²) in [6, 6.07) is 0.0837. The Morgan fingerprint density at radius 1 is 1.44 bits per heavy atom. The Hall–Kier alpha value is -0.330. The van der Waals surface area contributed by atoms with Crippen LogP contribution in [0.3, 0.4) is 0 Å². The minimum absolute atomic E-state index is 0.0837. The number of hydrogen-bond donors (Lipinski definition) is 2. The Kier molecular flexibility index (Phi) is 6.08. The van der Waals surface area contributed by atoms with Crippen molar-refractivity contribution in [2.75, 3.05) is 23.9 Å². The van der Waals surface area contributed by atoms with E-state index in [4.69, 9.17) is 0 Å². The lowest BCUT2D eigenvalue weighted by Gasteiger charge is -2.13. The first-order chi connectivity index (χ1) is 7.67. The fourth-order valence-electron chi connectivity index (χ4n) is 1.17. The third-order valence-corrected chi connectivity index (χ3v) is 3.95. The molecule has 0 aliphatic carbocycles. The lowest BCUT2D eigenvalue weighted by atomic mass is 10.2. The molecule has 0 saturated heterocycles. The van der Waals surface area contributed by atoms with E-state index in [0.717, 1.165) is 22.3 Å². The highest BCUT2D eigenvalue weighted by Crippen LogP contribution is 2.23. The molecule has 0 aliphatic rings. The lowest BCUT2D eigenvalue weighted by molar-refractivity contribution is 0.272. The van der Waals surface area contributed by atoms with Crippen molar-refractivity contribution in [1.82, 2.24) is 10.2 Å². The summed E-state index contributed by atoms with van der Waals surface area (Å²) in [5, 5.41) is 22.5. The van der Waals surface area contributed by atoms with E-state index in [2.05, 4.69) is 35.6 Å². The van der Waals surface area contributed by atoms with Gasteiger partial charge in [-0.05, 0) is 18.4 Å². The quantitative estimate of drug-likeness (QED) is 0.788. The van der Waals surface area contributed by atoms with Crippen molar-refractivity contribution in [3.63, 3.8) is 0 Å². The number of aromatic nitrogens is 2. The highest BCUT2D eigenvalue weighted by Gasteiger charge is 2.11. The number of rotatable bonds is 7. The number of nitrogens with zero attached hydrogens (tertiary/aromatic N) is 2. The van der Waals surface area contributed by atoms with Crippen molar-refractivity contribution < 1.29 is 5.11 Å². The number of thioether (sulfide) groups is 1. The van der Waals surface area contributed by atoms with Gasteiger partial charge in [0.1, 0.15) is 5.01 Å². The Bertz CT molecular complexity index is 304. The fourth-order valence-corrected chi connectivity index (χ4v) is 2.51. The molecule has 1 unspecified atom stereocenters. The van der Waals surface area contributed by atoms with Crippen molar-refractivity contribution in [3.05, 3.63) is 5.01 Å². The van der Waals surface area contributed by atoms with Crippen LogP contribution in [-0.4, -0.2) is 40.0 Å². The number of nitrogens with one attached hydrogen (secondary N) is 1. The minimum atomic E-state index is 0.0837. The van der Waals surface area contributed by atoms with Crippen LogP contribution in [0.15, 0.2) is 0 Å². The molecule has 0 aliphatic heterocycles. The molecule has 1 atom stereocenters. The van der Waals surface area contributed by atoms with Gasteiger partial charge in [0.05, 0.1) is 12.6 Å². The molecule has 92 valence electrons. The Morgan fingerprint density at radius 2 is 2.19 bits per heavy atom. The standard InChI is InChI=1S/C10H19N3OS2/c1-7(2)9-12-13-10(16-9)11-8(6-14)4-5-15-3/h7-8,14H,4-6H2,1-3H3,(H,11,13). The van der Waals surface area contributed by atoms with Crippen molar-refractivity contribution in [3.8, 4) is 0 Å². The third-order valence-electron chi connectivity index (χ3n) is 2.15. The summed E-state index contributed by atoms with van der Waals surface area (Å²) in [5.74, 6) is 1.44. The van der Waals surface area contributed by atoms with E-state index in [1.54, 1.807) is 23.1 Å². The van der Waals surface area contributed by atoms with E-state index in [1.807, 2.05) is 0 Å². The molecule has 0 spiro atoms. The molecule has 0 fully saturated rings. The summed E-state index contributed by atoms with van der Waals surface area (Å²) in [6.07, 6.45) is 3.00. The van der Waals surface area contributed by atoms with Gasteiger partial charge in [-0.2, -0.15) is 11.8 Å². The molecule has 0 aromatic carbocycles. The number of anilines is 1. The Balaban J connectivity index is 2.49. The van der Waals surface area contributed by atoms with Crippen molar-refractivity contribution in [2.24, 2.45) is 0 Å². The summed E-state index contributed by atoms with van der Waals surface area (Å²) in [7, 11) is 0. The van der Waals surface area contributed by atoms with Crippen LogP contribution in [0.5, 0.6) is 0 Å². The molecule has 16 heavy (non-hydrogen) atoms. The van der Waals surface area contributed by atoms with E-state index in [-0.39, 0.29) is 12.6 Å². The second kappa shape index (κ2) is 7.09. The summed E-state index contributed by atoms with van der Waals surface area (Å²) in [4.78, 5) is 0. The van der Waals surface area contributed by atoms with Gasteiger partial charge >= 0.3 is 0 Å². The normalized spacial score (nSPS) is 13.1. The molecule has 1 aromatic heterocycles. The third kappa shape index (κ3) is 4.27. The van der Waals surface area contributed by atoms with Crippen molar-refractivity contribution >= 4 is 28.2 Å². The molecule has 4 nitrogen and oxygen atoms in total. The van der Waals surface area contributed by atoms with Crippen LogP contribution in [0.4, 0.5) is 5.13 Å². The Morgan fingerprint density at radius 3 is 2.69 bits per heavy atom. The molecule has 0 amide bonds. The Labute approximate surface area is 105 Å². The van der Waals surface area contributed by atoms with Gasteiger partial charge in [0.15, 0.2) is 0 Å². The van der Waals surface area contributed by atoms with E-state index in [1.165, 1.54) is 0 Å². The lowest BCUT2D eigenvalue weighted by Crippen LogP contribution is -2.24. The molecular formula is C10H19N3OS2. The van der Waals surface area contributed by atoms with Crippen LogP contribution in [0.25, 0.3) is 0 Å². The highest BCUT2D eigenvalue weighted by atomic mass is 32.2. The van der Waals surface area contributed by atoms with E-state index in [0.29, 0.717) is 5.92 Å². The topological polar surface area (TPSA) is 58.0 Å². The van der Waals surface area contributed by atoms with Crippen LogP contribution in [0.1, 0.15) is 31.2 Å². The molecule has 2 N–H and O–H groups in total. The molecule has 6 heteroatoms. The zero-order valence-electron chi connectivity index (χ0n) is 9.93. The largest absolute Gasteiger partial charge is 0.394 e. The van der Waals surface area contributed by atoms with E-state index in [9.17, 15) is 5.11 Å². The second-order valence-corrected chi connectivity index (χ2v) is 5.90. The average molecular weight is 261 g/mol. The predicted octanol–water partition coefficient (Wildman–Crippen LogP) is 2.19. The average Bonchev–Trinajstić information content (AvgIpc) is 2.72. The van der Waals surface area contributed by atoms with Crippen LogP contribution >= 0.6 is 23.1 Å². The summed E-state index contributed by atoms with van der Waals surface area (Å²) in [5.41, 5.74) is 0. The number of aliphatic hydroxyl groups excluding tert-OH is 1.